The molecule has 2 aromatic carbocycles. The van der Waals surface area contributed by atoms with Gasteiger partial charge in [0.15, 0.2) is 0 Å². The Morgan fingerprint density at radius 1 is 1.15 bits per heavy atom. The third kappa shape index (κ3) is 3.95. The average Bonchev–Trinajstić information content (AvgIpc) is 2.97. The van der Waals surface area contributed by atoms with Crippen LogP contribution in [0.5, 0.6) is 0 Å². The van der Waals surface area contributed by atoms with Crippen molar-refractivity contribution in [2.45, 2.75) is 19.9 Å². The number of fused-ring (bicyclic) bond motifs is 1. The van der Waals surface area contributed by atoms with Crippen molar-refractivity contribution in [3.63, 3.8) is 0 Å². The van der Waals surface area contributed by atoms with Crippen LogP contribution in [0.25, 0.3) is 16.7 Å². The average molecular weight is 407 g/mol. The van der Waals surface area contributed by atoms with E-state index in [0.717, 1.165) is 42.2 Å². The quantitative estimate of drug-likeness (QED) is 0.706. The first kappa shape index (κ1) is 21.2. The number of hydrogen-bond donors (Lipinski definition) is 1. The minimum Gasteiger partial charge on any atom is -0.333 e. The van der Waals surface area contributed by atoms with Crippen LogP contribution in [0, 0.1) is 6.92 Å². The molecule has 1 N–H and O–H groups in total. The summed E-state index contributed by atoms with van der Waals surface area (Å²) >= 11 is 0. The largest absolute Gasteiger partial charge is 0.333 e. The highest BCUT2D eigenvalue weighted by Gasteiger charge is 2.24. The fourth-order valence-corrected chi connectivity index (χ4v) is 3.55. The smallest absolute Gasteiger partial charge is 0.254 e. The van der Waals surface area contributed by atoms with E-state index < -0.39 is 0 Å². The monoisotopic (exact) mass is 406 g/mol. The van der Waals surface area contributed by atoms with Crippen molar-refractivity contribution in [2.75, 3.05) is 19.6 Å². The summed E-state index contributed by atoms with van der Waals surface area (Å²) in [6, 6.07) is 16.2. The Hall–Kier alpha value is -2.08. The van der Waals surface area contributed by atoms with Crippen LogP contribution in [0.1, 0.15) is 23.1 Å². The van der Waals surface area contributed by atoms with Crippen molar-refractivity contribution in [1.29, 1.82) is 0 Å². The number of aromatic nitrogens is 2. The predicted molar refractivity (Wildman–Crippen MR) is 114 cm³/mol. The zero-order chi connectivity index (χ0) is 17.4. The lowest BCUT2D eigenvalue weighted by molar-refractivity contribution is 0.0656. The summed E-state index contributed by atoms with van der Waals surface area (Å²) < 4.78 is 2.12. The number of aryl methyl sites for hydroxylation is 1. The molecule has 1 atom stereocenters. The van der Waals surface area contributed by atoms with E-state index >= 15 is 0 Å². The number of rotatable bonds is 2. The number of imidazole rings is 1. The SMILES string of the molecule is Cc1nc2cc(C(=O)N3CCNCC3C)ccc2n1-c1ccccc1.Cl.Cl. The van der Waals surface area contributed by atoms with E-state index in [1.54, 1.807) is 0 Å². The number of piperazine rings is 1. The normalized spacial score (nSPS) is 16.5. The second-order valence-corrected chi connectivity index (χ2v) is 6.59. The molecule has 1 aromatic heterocycles. The van der Waals surface area contributed by atoms with Crippen LogP contribution in [0.2, 0.25) is 0 Å². The molecule has 1 saturated heterocycles. The van der Waals surface area contributed by atoms with E-state index in [-0.39, 0.29) is 36.8 Å². The van der Waals surface area contributed by atoms with E-state index in [0.29, 0.717) is 5.56 Å². The van der Waals surface area contributed by atoms with E-state index in [2.05, 4.69) is 33.9 Å². The van der Waals surface area contributed by atoms with Gasteiger partial charge in [0.1, 0.15) is 5.82 Å². The molecule has 0 radical (unpaired) electrons. The Morgan fingerprint density at radius 2 is 1.89 bits per heavy atom. The van der Waals surface area contributed by atoms with Gasteiger partial charge in [-0.25, -0.2) is 4.98 Å². The number of halogens is 2. The maximum absolute atomic E-state index is 12.9. The molecule has 2 heterocycles. The molecule has 1 unspecified atom stereocenters. The second kappa shape index (κ2) is 8.74. The number of nitrogens with zero attached hydrogens (tertiary/aromatic N) is 3. The summed E-state index contributed by atoms with van der Waals surface area (Å²) in [5.41, 5.74) is 3.67. The van der Waals surface area contributed by atoms with Gasteiger partial charge < -0.3 is 10.2 Å². The van der Waals surface area contributed by atoms with Gasteiger partial charge in [-0.1, -0.05) is 18.2 Å². The van der Waals surface area contributed by atoms with Crippen LogP contribution in [-0.2, 0) is 0 Å². The molecule has 7 heteroatoms. The maximum atomic E-state index is 12.9. The van der Waals surface area contributed by atoms with Crippen molar-refractivity contribution in [3.05, 3.63) is 59.9 Å². The van der Waals surface area contributed by atoms with Gasteiger partial charge in [-0.15, -0.1) is 24.8 Å². The molecule has 4 rings (SSSR count). The van der Waals surface area contributed by atoms with Crippen LogP contribution in [0.15, 0.2) is 48.5 Å². The summed E-state index contributed by atoms with van der Waals surface area (Å²) in [5.74, 6) is 1.00. The molecular formula is C20H24Cl2N4O. The number of amides is 1. The molecule has 0 bridgehead atoms. The minimum absolute atomic E-state index is 0. The van der Waals surface area contributed by atoms with Gasteiger partial charge in [0, 0.05) is 36.9 Å². The Kier molecular flexibility index (Phi) is 6.87. The summed E-state index contributed by atoms with van der Waals surface area (Å²) in [4.78, 5) is 19.5. The van der Waals surface area contributed by atoms with Crippen LogP contribution in [-0.4, -0.2) is 46.0 Å². The number of hydrogen-bond acceptors (Lipinski definition) is 3. The Balaban J connectivity index is 0.00000131. The first-order valence-electron chi connectivity index (χ1n) is 8.71. The molecular weight excluding hydrogens is 383 g/mol. The summed E-state index contributed by atoms with van der Waals surface area (Å²) in [5, 5.41) is 3.32. The maximum Gasteiger partial charge on any atom is 0.254 e. The number of para-hydroxylation sites is 1. The zero-order valence-electron chi connectivity index (χ0n) is 15.4. The first-order valence-corrected chi connectivity index (χ1v) is 8.71. The predicted octanol–water partition coefficient (Wildman–Crippen LogP) is 3.61. The summed E-state index contributed by atoms with van der Waals surface area (Å²) in [6.45, 7) is 6.51. The second-order valence-electron chi connectivity index (χ2n) is 6.59. The number of carbonyl (C=O) groups excluding carboxylic acids is 1. The third-order valence-electron chi connectivity index (χ3n) is 4.85. The Morgan fingerprint density at radius 3 is 2.59 bits per heavy atom. The fourth-order valence-electron chi connectivity index (χ4n) is 3.55. The van der Waals surface area contributed by atoms with Crippen LogP contribution < -0.4 is 5.32 Å². The molecule has 0 aliphatic carbocycles. The van der Waals surface area contributed by atoms with E-state index in [1.165, 1.54) is 0 Å². The molecule has 1 amide bonds. The number of carbonyl (C=O) groups is 1. The summed E-state index contributed by atoms with van der Waals surface area (Å²) in [6.07, 6.45) is 0. The molecule has 3 aromatic rings. The molecule has 0 saturated carbocycles. The fraction of sp³-hybridized carbons (Fsp3) is 0.300. The lowest BCUT2D eigenvalue weighted by atomic mass is 10.1. The van der Waals surface area contributed by atoms with Gasteiger partial charge in [0.05, 0.1) is 11.0 Å². The first-order chi connectivity index (χ1) is 12.1. The van der Waals surface area contributed by atoms with E-state index in [4.69, 9.17) is 0 Å². The topological polar surface area (TPSA) is 50.2 Å². The van der Waals surface area contributed by atoms with Gasteiger partial charge in [-0.2, -0.15) is 0 Å². The lowest BCUT2D eigenvalue weighted by Crippen LogP contribution is -2.52. The molecule has 1 aliphatic rings. The van der Waals surface area contributed by atoms with Gasteiger partial charge in [0.2, 0.25) is 0 Å². The summed E-state index contributed by atoms with van der Waals surface area (Å²) in [7, 11) is 0. The minimum atomic E-state index is 0. The highest BCUT2D eigenvalue weighted by Crippen LogP contribution is 2.23. The van der Waals surface area contributed by atoms with Crippen molar-refractivity contribution in [1.82, 2.24) is 19.8 Å². The zero-order valence-corrected chi connectivity index (χ0v) is 17.0. The van der Waals surface area contributed by atoms with Crippen molar-refractivity contribution >= 4 is 41.8 Å². The Bertz CT molecular complexity index is 926. The highest BCUT2D eigenvalue weighted by atomic mass is 35.5. The van der Waals surface area contributed by atoms with E-state index in [1.807, 2.05) is 48.2 Å². The van der Waals surface area contributed by atoms with Gasteiger partial charge in [-0.3, -0.25) is 9.36 Å². The number of nitrogens with one attached hydrogen (secondary N) is 1. The van der Waals surface area contributed by atoms with Crippen LogP contribution >= 0.6 is 24.8 Å². The van der Waals surface area contributed by atoms with Gasteiger partial charge >= 0.3 is 0 Å². The molecule has 0 spiro atoms. The molecule has 1 aliphatic heterocycles. The van der Waals surface area contributed by atoms with Gasteiger partial charge in [-0.05, 0) is 44.2 Å². The van der Waals surface area contributed by atoms with Crippen molar-refractivity contribution in [3.8, 4) is 5.69 Å². The van der Waals surface area contributed by atoms with Gasteiger partial charge in [0.25, 0.3) is 5.91 Å². The van der Waals surface area contributed by atoms with Crippen LogP contribution in [0.4, 0.5) is 0 Å². The van der Waals surface area contributed by atoms with Crippen molar-refractivity contribution in [2.24, 2.45) is 0 Å². The van der Waals surface area contributed by atoms with Crippen LogP contribution in [0.3, 0.4) is 0 Å². The molecule has 27 heavy (non-hydrogen) atoms. The highest BCUT2D eigenvalue weighted by molar-refractivity contribution is 5.98. The molecule has 144 valence electrons. The van der Waals surface area contributed by atoms with Crippen molar-refractivity contribution < 1.29 is 4.79 Å². The standard InChI is InChI=1S/C20H22N4O.2ClH/c1-14-13-21-10-11-23(14)20(25)16-8-9-19-18(12-16)22-15(2)24(19)17-6-4-3-5-7-17;;/h3-9,12,14,21H,10-11,13H2,1-2H3;2*1H. The lowest BCUT2D eigenvalue weighted by Gasteiger charge is -2.34. The third-order valence-corrected chi connectivity index (χ3v) is 4.85. The van der Waals surface area contributed by atoms with E-state index in [9.17, 15) is 4.79 Å². The number of benzene rings is 2. The molecule has 5 nitrogen and oxygen atoms in total. The molecule has 1 fully saturated rings. The Labute approximate surface area is 171 Å².